The molecule has 3 heteroatoms. The molecule has 0 saturated heterocycles. The predicted molar refractivity (Wildman–Crippen MR) is 79.7 cm³/mol. The molecule has 1 aromatic carbocycles. The van der Waals surface area contributed by atoms with Crippen molar-refractivity contribution in [3.63, 3.8) is 0 Å². The standard InChI is InChI=1S/C16H24N2O/c1-4-5-10-18(14-7-8-14)16(19)15-9-6-13(17-3)11-12(15)2/h6,9,11,14,17H,4-5,7-8,10H2,1-3H3. The largest absolute Gasteiger partial charge is 0.388 e. The number of nitrogens with zero attached hydrogens (tertiary/aromatic N) is 1. The van der Waals surface area contributed by atoms with E-state index in [0.29, 0.717) is 6.04 Å². The summed E-state index contributed by atoms with van der Waals surface area (Å²) in [5.74, 6) is 0.205. The van der Waals surface area contributed by atoms with Crippen LogP contribution in [0.2, 0.25) is 0 Å². The van der Waals surface area contributed by atoms with Crippen molar-refractivity contribution in [2.45, 2.75) is 45.6 Å². The number of hydrogen-bond acceptors (Lipinski definition) is 2. The van der Waals surface area contributed by atoms with E-state index < -0.39 is 0 Å². The number of carbonyl (C=O) groups is 1. The minimum absolute atomic E-state index is 0.205. The molecule has 1 aliphatic rings. The van der Waals surface area contributed by atoms with Crippen molar-refractivity contribution in [1.82, 2.24) is 4.90 Å². The van der Waals surface area contributed by atoms with Crippen LogP contribution < -0.4 is 5.32 Å². The molecule has 0 aromatic heterocycles. The van der Waals surface area contributed by atoms with Crippen LogP contribution in [0.4, 0.5) is 5.69 Å². The lowest BCUT2D eigenvalue weighted by Gasteiger charge is -2.23. The Labute approximate surface area is 116 Å². The topological polar surface area (TPSA) is 32.3 Å². The Hall–Kier alpha value is -1.51. The molecule has 0 spiro atoms. The molecule has 0 heterocycles. The van der Waals surface area contributed by atoms with E-state index in [1.807, 2.05) is 32.2 Å². The fraction of sp³-hybridized carbons (Fsp3) is 0.562. The third kappa shape index (κ3) is 3.28. The van der Waals surface area contributed by atoms with Gasteiger partial charge in [0.2, 0.25) is 0 Å². The molecule has 0 radical (unpaired) electrons. The summed E-state index contributed by atoms with van der Waals surface area (Å²) in [6, 6.07) is 6.45. The highest BCUT2D eigenvalue weighted by atomic mass is 16.2. The van der Waals surface area contributed by atoms with Crippen LogP contribution in [0.3, 0.4) is 0 Å². The molecule has 0 unspecified atom stereocenters. The van der Waals surface area contributed by atoms with Gasteiger partial charge in [0.1, 0.15) is 0 Å². The van der Waals surface area contributed by atoms with E-state index in [0.717, 1.165) is 36.2 Å². The molecule has 19 heavy (non-hydrogen) atoms. The van der Waals surface area contributed by atoms with Crippen molar-refractivity contribution in [2.75, 3.05) is 18.9 Å². The first-order chi connectivity index (χ1) is 9.17. The highest BCUT2D eigenvalue weighted by molar-refractivity contribution is 5.96. The Kier molecular flexibility index (Phi) is 4.46. The molecule has 1 N–H and O–H groups in total. The minimum Gasteiger partial charge on any atom is -0.388 e. The number of hydrogen-bond donors (Lipinski definition) is 1. The van der Waals surface area contributed by atoms with Crippen LogP contribution in [0.5, 0.6) is 0 Å². The van der Waals surface area contributed by atoms with E-state index in [2.05, 4.69) is 17.1 Å². The molecule has 0 bridgehead atoms. The summed E-state index contributed by atoms with van der Waals surface area (Å²) in [5.41, 5.74) is 2.96. The van der Waals surface area contributed by atoms with Gasteiger partial charge in [-0.3, -0.25) is 4.79 Å². The van der Waals surface area contributed by atoms with Crippen LogP contribution in [0.15, 0.2) is 18.2 Å². The van der Waals surface area contributed by atoms with E-state index in [-0.39, 0.29) is 5.91 Å². The van der Waals surface area contributed by atoms with Crippen molar-refractivity contribution in [2.24, 2.45) is 0 Å². The fourth-order valence-corrected chi connectivity index (χ4v) is 2.38. The van der Waals surface area contributed by atoms with Crippen LogP contribution in [0.25, 0.3) is 0 Å². The lowest BCUT2D eigenvalue weighted by atomic mass is 10.1. The van der Waals surface area contributed by atoms with Gasteiger partial charge in [0, 0.05) is 30.9 Å². The maximum absolute atomic E-state index is 12.7. The number of nitrogens with one attached hydrogen (secondary N) is 1. The smallest absolute Gasteiger partial charge is 0.254 e. The lowest BCUT2D eigenvalue weighted by Crippen LogP contribution is -2.34. The number of aryl methyl sites for hydroxylation is 1. The zero-order chi connectivity index (χ0) is 13.8. The van der Waals surface area contributed by atoms with E-state index in [1.165, 1.54) is 12.8 Å². The molecule has 1 saturated carbocycles. The van der Waals surface area contributed by atoms with Crippen molar-refractivity contribution < 1.29 is 4.79 Å². The first-order valence-electron chi connectivity index (χ1n) is 7.26. The maximum atomic E-state index is 12.7. The van der Waals surface area contributed by atoms with E-state index in [9.17, 15) is 4.79 Å². The molecule has 1 fully saturated rings. The van der Waals surface area contributed by atoms with Gasteiger partial charge in [0.15, 0.2) is 0 Å². The molecule has 104 valence electrons. The molecule has 1 aliphatic carbocycles. The summed E-state index contributed by atoms with van der Waals surface area (Å²) in [4.78, 5) is 14.7. The first-order valence-corrected chi connectivity index (χ1v) is 7.26. The minimum atomic E-state index is 0.205. The molecule has 1 aromatic rings. The Bertz CT molecular complexity index is 452. The predicted octanol–water partition coefficient (Wildman–Crippen LogP) is 3.44. The van der Waals surface area contributed by atoms with Crippen LogP contribution in [-0.4, -0.2) is 30.4 Å². The van der Waals surface area contributed by atoms with Gasteiger partial charge in [-0.1, -0.05) is 13.3 Å². The van der Waals surface area contributed by atoms with Crippen LogP contribution in [0.1, 0.15) is 48.5 Å². The molecular formula is C16H24N2O. The monoisotopic (exact) mass is 260 g/mol. The number of benzene rings is 1. The first kappa shape index (κ1) is 13.9. The van der Waals surface area contributed by atoms with E-state index in [4.69, 9.17) is 0 Å². The summed E-state index contributed by atoms with van der Waals surface area (Å²) < 4.78 is 0. The van der Waals surface area contributed by atoms with Crippen LogP contribution >= 0.6 is 0 Å². The van der Waals surface area contributed by atoms with Gasteiger partial charge >= 0.3 is 0 Å². The summed E-state index contributed by atoms with van der Waals surface area (Å²) >= 11 is 0. The van der Waals surface area contributed by atoms with Gasteiger partial charge in [-0.25, -0.2) is 0 Å². The zero-order valence-electron chi connectivity index (χ0n) is 12.2. The highest BCUT2D eigenvalue weighted by Gasteiger charge is 2.32. The van der Waals surface area contributed by atoms with E-state index >= 15 is 0 Å². The lowest BCUT2D eigenvalue weighted by molar-refractivity contribution is 0.0740. The normalized spacial score (nSPS) is 14.3. The Morgan fingerprint density at radius 2 is 2.16 bits per heavy atom. The van der Waals surface area contributed by atoms with Crippen molar-refractivity contribution in [1.29, 1.82) is 0 Å². The quantitative estimate of drug-likeness (QED) is 0.849. The summed E-state index contributed by atoms with van der Waals surface area (Å²) in [7, 11) is 1.90. The SMILES string of the molecule is CCCCN(C(=O)c1ccc(NC)cc1C)C1CC1. The van der Waals surface area contributed by atoms with Gasteiger partial charge in [0.25, 0.3) is 5.91 Å². The summed E-state index contributed by atoms with van der Waals surface area (Å²) in [6.45, 7) is 5.08. The third-order valence-electron chi connectivity index (χ3n) is 3.75. The zero-order valence-corrected chi connectivity index (χ0v) is 12.2. The number of unbranched alkanes of at least 4 members (excludes halogenated alkanes) is 1. The number of rotatable bonds is 6. The molecule has 1 amide bonds. The van der Waals surface area contributed by atoms with Crippen molar-refractivity contribution >= 4 is 11.6 Å². The van der Waals surface area contributed by atoms with Gasteiger partial charge in [-0.05, 0) is 49.9 Å². The maximum Gasteiger partial charge on any atom is 0.254 e. The molecule has 0 atom stereocenters. The number of carbonyl (C=O) groups excluding carboxylic acids is 1. The average molecular weight is 260 g/mol. The summed E-state index contributed by atoms with van der Waals surface area (Å²) in [6.07, 6.45) is 4.57. The fourth-order valence-electron chi connectivity index (χ4n) is 2.38. The molecule has 0 aliphatic heterocycles. The Morgan fingerprint density at radius 3 is 2.68 bits per heavy atom. The third-order valence-corrected chi connectivity index (χ3v) is 3.75. The molecule has 3 nitrogen and oxygen atoms in total. The highest BCUT2D eigenvalue weighted by Crippen LogP contribution is 2.29. The van der Waals surface area contributed by atoms with Gasteiger partial charge in [-0.2, -0.15) is 0 Å². The van der Waals surface area contributed by atoms with Crippen molar-refractivity contribution in [3.05, 3.63) is 29.3 Å². The Morgan fingerprint density at radius 1 is 1.42 bits per heavy atom. The average Bonchev–Trinajstić information content (AvgIpc) is 3.23. The second-order valence-electron chi connectivity index (χ2n) is 5.36. The van der Waals surface area contributed by atoms with Crippen molar-refractivity contribution in [3.8, 4) is 0 Å². The number of amides is 1. The molecular weight excluding hydrogens is 236 g/mol. The summed E-state index contributed by atoms with van der Waals surface area (Å²) in [5, 5.41) is 3.11. The number of anilines is 1. The van der Waals surface area contributed by atoms with E-state index in [1.54, 1.807) is 0 Å². The molecule has 2 rings (SSSR count). The van der Waals surface area contributed by atoms with Crippen LogP contribution in [-0.2, 0) is 0 Å². The second kappa shape index (κ2) is 6.09. The second-order valence-corrected chi connectivity index (χ2v) is 5.36. The van der Waals surface area contributed by atoms with Gasteiger partial charge < -0.3 is 10.2 Å². The van der Waals surface area contributed by atoms with Crippen LogP contribution in [0, 0.1) is 6.92 Å². The Balaban J connectivity index is 2.16. The van der Waals surface area contributed by atoms with Gasteiger partial charge in [0.05, 0.1) is 0 Å². The van der Waals surface area contributed by atoms with Gasteiger partial charge in [-0.15, -0.1) is 0 Å².